The van der Waals surface area contributed by atoms with Crippen LogP contribution in [-0.2, 0) is 33.3 Å². The summed E-state index contributed by atoms with van der Waals surface area (Å²) >= 11 is 0. The first-order chi connectivity index (χ1) is 11.7. The highest BCUT2D eigenvalue weighted by Crippen LogP contribution is 2.27. The van der Waals surface area contributed by atoms with Gasteiger partial charge in [0, 0.05) is 5.69 Å². The highest BCUT2D eigenvalue weighted by Gasteiger charge is 2.48. The first-order valence-corrected chi connectivity index (χ1v) is 7.09. The Labute approximate surface area is 137 Å². The molecule has 1 saturated heterocycles. The molecule has 1 fully saturated rings. The summed E-state index contributed by atoms with van der Waals surface area (Å²) in [4.78, 5) is 32.0. The monoisotopic (exact) mass is 339 g/mol. The Hall–Kier alpha value is -2.65. The summed E-state index contributed by atoms with van der Waals surface area (Å²) in [5.41, 5.74) is 0.636. The maximum absolute atomic E-state index is 10.8. The molecule has 9 nitrogen and oxygen atoms in total. The standard InChI is InChI=1S/C15H17NO8/c17-7-21-6-11-13(22-8-18)14(23-9-19)12(15(20)24-11)16-10-4-2-1-3-5-10/h1-5,7-9,11-16,20H,6H2/t11-,12-,13+,14+,15+/m0/s1. The van der Waals surface area contributed by atoms with Crippen LogP contribution in [0.4, 0.5) is 5.69 Å². The van der Waals surface area contributed by atoms with Gasteiger partial charge in [-0.3, -0.25) is 14.4 Å². The van der Waals surface area contributed by atoms with Crippen molar-refractivity contribution in [3.8, 4) is 0 Å². The molecule has 2 rings (SSSR count). The minimum Gasteiger partial charge on any atom is -0.465 e. The lowest BCUT2D eigenvalue weighted by Gasteiger charge is -2.42. The molecule has 1 aromatic rings. The molecule has 2 N–H and O–H groups in total. The van der Waals surface area contributed by atoms with Gasteiger partial charge in [-0.2, -0.15) is 0 Å². The van der Waals surface area contributed by atoms with Gasteiger partial charge in [-0.25, -0.2) is 0 Å². The van der Waals surface area contributed by atoms with Crippen molar-refractivity contribution in [3.05, 3.63) is 30.3 Å². The van der Waals surface area contributed by atoms with Crippen LogP contribution in [0.1, 0.15) is 0 Å². The predicted octanol–water partition coefficient (Wildman–Crippen LogP) is -0.560. The predicted molar refractivity (Wildman–Crippen MR) is 78.6 cm³/mol. The van der Waals surface area contributed by atoms with Gasteiger partial charge in [0.1, 0.15) is 18.8 Å². The van der Waals surface area contributed by atoms with Gasteiger partial charge in [-0.15, -0.1) is 0 Å². The lowest BCUT2D eigenvalue weighted by molar-refractivity contribution is -0.252. The topological polar surface area (TPSA) is 120 Å². The lowest BCUT2D eigenvalue weighted by Crippen LogP contribution is -2.62. The number of aliphatic hydroxyl groups is 1. The smallest absolute Gasteiger partial charge is 0.293 e. The van der Waals surface area contributed by atoms with Crippen molar-refractivity contribution in [2.45, 2.75) is 30.6 Å². The number of para-hydroxylation sites is 1. The maximum Gasteiger partial charge on any atom is 0.293 e. The van der Waals surface area contributed by atoms with Gasteiger partial charge in [-0.05, 0) is 12.1 Å². The molecule has 5 atom stereocenters. The van der Waals surface area contributed by atoms with Crippen LogP contribution in [0.2, 0.25) is 0 Å². The zero-order valence-electron chi connectivity index (χ0n) is 12.5. The lowest BCUT2D eigenvalue weighted by atomic mass is 9.96. The molecular formula is C15H17NO8. The number of aliphatic hydroxyl groups excluding tert-OH is 1. The van der Waals surface area contributed by atoms with Gasteiger partial charge >= 0.3 is 0 Å². The molecular weight excluding hydrogens is 322 g/mol. The summed E-state index contributed by atoms with van der Waals surface area (Å²) in [7, 11) is 0. The van der Waals surface area contributed by atoms with Crippen LogP contribution in [0.25, 0.3) is 0 Å². The number of ether oxygens (including phenoxy) is 4. The summed E-state index contributed by atoms with van der Waals surface area (Å²) < 4.78 is 19.9. The Morgan fingerprint density at radius 1 is 1.04 bits per heavy atom. The van der Waals surface area contributed by atoms with E-state index in [1.54, 1.807) is 24.3 Å². The van der Waals surface area contributed by atoms with Crippen LogP contribution in [0.3, 0.4) is 0 Å². The van der Waals surface area contributed by atoms with Crippen molar-refractivity contribution in [1.29, 1.82) is 0 Å². The second kappa shape index (κ2) is 8.85. The van der Waals surface area contributed by atoms with E-state index in [0.717, 1.165) is 0 Å². The molecule has 0 amide bonds. The van der Waals surface area contributed by atoms with Crippen molar-refractivity contribution in [1.82, 2.24) is 0 Å². The van der Waals surface area contributed by atoms with Gasteiger partial charge in [0.15, 0.2) is 18.5 Å². The Kier molecular flexibility index (Phi) is 6.52. The first kappa shape index (κ1) is 17.7. The van der Waals surface area contributed by atoms with Gasteiger partial charge in [0.25, 0.3) is 19.4 Å². The van der Waals surface area contributed by atoms with E-state index in [1.165, 1.54) is 0 Å². The van der Waals surface area contributed by atoms with Crippen LogP contribution >= 0.6 is 0 Å². The largest absolute Gasteiger partial charge is 0.465 e. The molecule has 0 bridgehead atoms. The van der Waals surface area contributed by atoms with Crippen LogP contribution in [0.5, 0.6) is 0 Å². The third-order valence-electron chi connectivity index (χ3n) is 3.53. The van der Waals surface area contributed by atoms with Gasteiger partial charge in [0.05, 0.1) is 0 Å². The zero-order valence-corrected chi connectivity index (χ0v) is 12.5. The second-order valence-corrected chi connectivity index (χ2v) is 4.92. The SMILES string of the molecule is O=COC[C@@H]1O[C@@H](O)[C@@H](Nc2ccccc2)[C@@H](OC=O)[C@@H]1OC=O. The van der Waals surface area contributed by atoms with E-state index < -0.39 is 30.6 Å². The second-order valence-electron chi connectivity index (χ2n) is 4.92. The van der Waals surface area contributed by atoms with E-state index in [0.29, 0.717) is 5.69 Å². The van der Waals surface area contributed by atoms with E-state index in [4.69, 9.17) is 14.2 Å². The molecule has 9 heteroatoms. The summed E-state index contributed by atoms with van der Waals surface area (Å²) in [5.74, 6) is 0. The van der Waals surface area contributed by atoms with Crippen LogP contribution < -0.4 is 5.32 Å². The van der Waals surface area contributed by atoms with E-state index >= 15 is 0 Å². The van der Waals surface area contributed by atoms with Crippen LogP contribution in [0.15, 0.2) is 30.3 Å². The van der Waals surface area contributed by atoms with E-state index in [9.17, 15) is 19.5 Å². The maximum atomic E-state index is 10.8. The number of hydrogen-bond acceptors (Lipinski definition) is 9. The van der Waals surface area contributed by atoms with Crippen molar-refractivity contribution in [3.63, 3.8) is 0 Å². The molecule has 1 aliphatic heterocycles. The van der Waals surface area contributed by atoms with Crippen molar-refractivity contribution < 1.29 is 38.4 Å². The van der Waals surface area contributed by atoms with Gasteiger partial charge in [-0.1, -0.05) is 18.2 Å². The quantitative estimate of drug-likeness (QED) is 0.450. The average Bonchev–Trinajstić information content (AvgIpc) is 2.60. The van der Waals surface area contributed by atoms with E-state index in [1.807, 2.05) is 6.07 Å². The summed E-state index contributed by atoms with van der Waals surface area (Å²) in [6.07, 6.45) is -4.52. The molecule has 0 saturated carbocycles. The van der Waals surface area contributed by atoms with E-state index in [-0.39, 0.29) is 26.0 Å². The Morgan fingerprint density at radius 3 is 2.33 bits per heavy atom. The number of nitrogens with one attached hydrogen (secondary N) is 1. The molecule has 0 radical (unpaired) electrons. The number of rotatable bonds is 9. The molecule has 0 spiro atoms. The fraction of sp³-hybridized carbons (Fsp3) is 0.400. The average molecular weight is 339 g/mol. The van der Waals surface area contributed by atoms with Gasteiger partial charge in [0.2, 0.25) is 0 Å². The molecule has 24 heavy (non-hydrogen) atoms. The first-order valence-electron chi connectivity index (χ1n) is 7.09. The zero-order chi connectivity index (χ0) is 17.4. The summed E-state index contributed by atoms with van der Waals surface area (Å²) in [6, 6.07) is 7.92. The van der Waals surface area contributed by atoms with Crippen molar-refractivity contribution >= 4 is 25.1 Å². The fourth-order valence-electron chi connectivity index (χ4n) is 2.52. The van der Waals surface area contributed by atoms with Crippen molar-refractivity contribution in [2.75, 3.05) is 11.9 Å². The molecule has 0 unspecified atom stereocenters. The normalized spacial score (nSPS) is 29.1. The summed E-state index contributed by atoms with van der Waals surface area (Å²) in [6.45, 7) is 0.259. The molecule has 1 heterocycles. The number of carbonyl (C=O) groups excluding carboxylic acids is 3. The Balaban J connectivity index is 2.23. The number of benzene rings is 1. The molecule has 0 aromatic heterocycles. The molecule has 130 valence electrons. The van der Waals surface area contributed by atoms with Crippen molar-refractivity contribution in [2.24, 2.45) is 0 Å². The Morgan fingerprint density at radius 2 is 1.71 bits per heavy atom. The molecule has 0 aliphatic carbocycles. The van der Waals surface area contributed by atoms with E-state index in [2.05, 4.69) is 10.1 Å². The third-order valence-corrected chi connectivity index (χ3v) is 3.53. The fourth-order valence-corrected chi connectivity index (χ4v) is 2.52. The Bertz CT molecular complexity index is 540. The molecule has 1 aromatic carbocycles. The number of anilines is 1. The van der Waals surface area contributed by atoms with Crippen LogP contribution in [0, 0.1) is 0 Å². The van der Waals surface area contributed by atoms with Crippen LogP contribution in [-0.4, -0.2) is 61.8 Å². The highest BCUT2D eigenvalue weighted by molar-refractivity contribution is 5.46. The number of hydrogen-bond donors (Lipinski definition) is 2. The third kappa shape index (κ3) is 4.21. The molecule has 1 aliphatic rings. The van der Waals surface area contributed by atoms with Gasteiger partial charge < -0.3 is 29.4 Å². The number of carbonyl (C=O) groups is 3. The minimum atomic E-state index is -1.40. The summed E-state index contributed by atoms with van der Waals surface area (Å²) in [5, 5.41) is 13.2. The highest BCUT2D eigenvalue weighted by atomic mass is 16.7. The minimum absolute atomic E-state index is 0.167.